The summed E-state index contributed by atoms with van der Waals surface area (Å²) in [6.07, 6.45) is -3.72. The third kappa shape index (κ3) is 2.91. The second-order valence-corrected chi connectivity index (χ2v) is 6.25. The van der Waals surface area contributed by atoms with Gasteiger partial charge in [-0.1, -0.05) is 12.1 Å². The molecule has 2 nitrogen and oxygen atoms in total. The third-order valence-corrected chi connectivity index (χ3v) is 4.66. The molecule has 1 aliphatic heterocycles. The molecule has 0 unspecified atom stereocenters. The first kappa shape index (κ1) is 16.1. The van der Waals surface area contributed by atoms with Crippen LogP contribution in [0.25, 0.3) is 22.0 Å². The van der Waals surface area contributed by atoms with Gasteiger partial charge < -0.3 is 9.88 Å². The van der Waals surface area contributed by atoms with Crippen molar-refractivity contribution in [3.05, 3.63) is 59.5 Å². The van der Waals surface area contributed by atoms with Crippen LogP contribution in [-0.4, -0.2) is 17.7 Å². The van der Waals surface area contributed by atoms with E-state index in [1.165, 1.54) is 11.8 Å². The summed E-state index contributed by atoms with van der Waals surface area (Å²) in [6.45, 7) is 2.59. The fraction of sp³-hybridized carbons (Fsp3) is 0.263. The quantitative estimate of drug-likeness (QED) is 0.636. The van der Waals surface area contributed by atoms with Crippen LogP contribution in [0.5, 0.6) is 0 Å². The number of benzene rings is 2. The topological polar surface area (TPSA) is 17.0 Å². The molecule has 0 saturated carbocycles. The fourth-order valence-electron chi connectivity index (χ4n) is 3.50. The molecule has 0 radical (unpaired) electrons. The summed E-state index contributed by atoms with van der Waals surface area (Å²) in [6, 6.07) is 10.1. The number of nitrogens with zero attached hydrogens (tertiary/aromatic N) is 1. The normalized spacial score (nSPS) is 15.2. The van der Waals surface area contributed by atoms with Crippen LogP contribution in [0.15, 0.2) is 42.5 Å². The first-order valence-electron chi connectivity index (χ1n) is 8.13. The minimum absolute atomic E-state index is 0.00105. The Morgan fingerprint density at radius 1 is 0.960 bits per heavy atom. The Labute approximate surface area is 142 Å². The highest BCUT2D eigenvalue weighted by Crippen LogP contribution is 2.38. The van der Waals surface area contributed by atoms with Gasteiger partial charge >= 0.3 is 6.18 Å². The van der Waals surface area contributed by atoms with Crippen molar-refractivity contribution in [2.45, 2.75) is 19.1 Å². The molecule has 1 aliphatic rings. The summed E-state index contributed by atoms with van der Waals surface area (Å²) in [4.78, 5) is 0. The van der Waals surface area contributed by atoms with Crippen LogP contribution in [0.3, 0.4) is 0 Å². The van der Waals surface area contributed by atoms with Gasteiger partial charge in [0, 0.05) is 42.7 Å². The lowest BCUT2D eigenvalue weighted by molar-refractivity contribution is -0.137. The minimum atomic E-state index is -4.60. The monoisotopic (exact) mass is 348 g/mol. The third-order valence-electron chi connectivity index (χ3n) is 4.66. The SMILES string of the molecule is Fc1ccc(-c2ccc3c(c2)cc2n3CCNCC2)c(C(F)(F)F)c1. The summed E-state index contributed by atoms with van der Waals surface area (Å²) in [7, 11) is 0. The number of aromatic nitrogens is 1. The maximum atomic E-state index is 13.3. The molecule has 1 N–H and O–H groups in total. The highest BCUT2D eigenvalue weighted by molar-refractivity contribution is 5.87. The van der Waals surface area contributed by atoms with E-state index in [0.29, 0.717) is 11.6 Å². The van der Waals surface area contributed by atoms with E-state index in [1.54, 1.807) is 12.1 Å². The van der Waals surface area contributed by atoms with Crippen molar-refractivity contribution in [3.8, 4) is 11.1 Å². The number of hydrogen-bond acceptors (Lipinski definition) is 1. The van der Waals surface area contributed by atoms with Crippen molar-refractivity contribution in [1.82, 2.24) is 9.88 Å². The molecule has 1 aromatic heterocycles. The molecule has 0 amide bonds. The first-order valence-corrected chi connectivity index (χ1v) is 8.13. The lowest BCUT2D eigenvalue weighted by Crippen LogP contribution is -2.17. The van der Waals surface area contributed by atoms with E-state index in [4.69, 9.17) is 0 Å². The van der Waals surface area contributed by atoms with Gasteiger partial charge in [0.15, 0.2) is 0 Å². The number of hydrogen-bond donors (Lipinski definition) is 1. The van der Waals surface area contributed by atoms with Crippen LogP contribution in [0, 0.1) is 5.82 Å². The Morgan fingerprint density at radius 3 is 2.60 bits per heavy atom. The minimum Gasteiger partial charge on any atom is -0.343 e. The maximum Gasteiger partial charge on any atom is 0.417 e. The van der Waals surface area contributed by atoms with E-state index in [-0.39, 0.29) is 5.56 Å². The summed E-state index contributed by atoms with van der Waals surface area (Å²) >= 11 is 0. The average Bonchev–Trinajstić information content (AvgIpc) is 2.74. The van der Waals surface area contributed by atoms with Crippen LogP contribution in [-0.2, 0) is 19.1 Å². The summed E-state index contributed by atoms with van der Waals surface area (Å²) < 4.78 is 55.4. The van der Waals surface area contributed by atoms with Crippen molar-refractivity contribution in [2.75, 3.05) is 13.1 Å². The second-order valence-electron chi connectivity index (χ2n) is 6.25. The van der Waals surface area contributed by atoms with E-state index < -0.39 is 17.6 Å². The van der Waals surface area contributed by atoms with Gasteiger partial charge in [0.2, 0.25) is 0 Å². The molecule has 0 bridgehead atoms. The largest absolute Gasteiger partial charge is 0.417 e. The van der Waals surface area contributed by atoms with Gasteiger partial charge in [0.1, 0.15) is 5.82 Å². The maximum absolute atomic E-state index is 13.3. The molecule has 25 heavy (non-hydrogen) atoms. The van der Waals surface area contributed by atoms with Gasteiger partial charge in [0.25, 0.3) is 0 Å². The van der Waals surface area contributed by atoms with Gasteiger partial charge in [-0.2, -0.15) is 13.2 Å². The second kappa shape index (κ2) is 5.88. The van der Waals surface area contributed by atoms with Crippen LogP contribution < -0.4 is 5.32 Å². The Bertz CT molecular complexity index is 940. The van der Waals surface area contributed by atoms with Crippen molar-refractivity contribution in [2.24, 2.45) is 0 Å². The summed E-state index contributed by atoms with van der Waals surface area (Å²) in [5, 5.41) is 4.24. The molecule has 130 valence electrons. The lowest BCUT2D eigenvalue weighted by Gasteiger charge is -2.13. The Morgan fingerprint density at radius 2 is 1.80 bits per heavy atom. The standard InChI is InChI=1S/C19H16F4N2/c20-14-2-3-16(17(11-14)19(21,22)23)12-1-4-18-13(9-12)10-15-5-6-24-7-8-25(15)18/h1-4,9-11,24H,5-8H2. The highest BCUT2D eigenvalue weighted by atomic mass is 19.4. The first-order chi connectivity index (χ1) is 11.9. The van der Waals surface area contributed by atoms with E-state index in [1.807, 2.05) is 12.1 Å². The molecule has 6 heteroatoms. The number of alkyl halides is 3. The van der Waals surface area contributed by atoms with Crippen molar-refractivity contribution in [1.29, 1.82) is 0 Å². The van der Waals surface area contributed by atoms with Crippen molar-refractivity contribution >= 4 is 10.9 Å². The van der Waals surface area contributed by atoms with Crippen LogP contribution in [0.4, 0.5) is 17.6 Å². The fourth-order valence-corrected chi connectivity index (χ4v) is 3.50. The smallest absolute Gasteiger partial charge is 0.343 e. The molecule has 0 spiro atoms. The number of rotatable bonds is 1. The molecule has 0 saturated heterocycles. The molecule has 3 aromatic rings. The number of nitrogens with one attached hydrogen (secondary N) is 1. The van der Waals surface area contributed by atoms with Gasteiger partial charge in [0.05, 0.1) is 5.56 Å². The van der Waals surface area contributed by atoms with E-state index in [9.17, 15) is 17.6 Å². The van der Waals surface area contributed by atoms with E-state index in [0.717, 1.165) is 43.0 Å². The Hall–Kier alpha value is -2.34. The number of halogens is 4. The zero-order valence-corrected chi connectivity index (χ0v) is 13.3. The molecule has 4 rings (SSSR count). The van der Waals surface area contributed by atoms with Crippen molar-refractivity contribution < 1.29 is 17.6 Å². The summed E-state index contributed by atoms with van der Waals surface area (Å²) in [5.74, 6) is -0.889. The molecule has 2 aromatic carbocycles. The molecule has 0 aliphatic carbocycles. The van der Waals surface area contributed by atoms with Crippen LogP contribution >= 0.6 is 0 Å². The molecular formula is C19H16F4N2. The van der Waals surface area contributed by atoms with Gasteiger partial charge in [-0.25, -0.2) is 4.39 Å². The number of fused-ring (bicyclic) bond motifs is 3. The molecular weight excluding hydrogens is 332 g/mol. The molecule has 2 heterocycles. The lowest BCUT2D eigenvalue weighted by atomic mass is 9.98. The predicted molar refractivity (Wildman–Crippen MR) is 88.9 cm³/mol. The van der Waals surface area contributed by atoms with E-state index >= 15 is 0 Å². The zero-order chi connectivity index (χ0) is 17.6. The van der Waals surface area contributed by atoms with Gasteiger partial charge in [-0.05, 0) is 41.5 Å². The Balaban J connectivity index is 1.86. The molecule has 0 atom stereocenters. The summed E-state index contributed by atoms with van der Waals surface area (Å²) in [5.41, 5.74) is 1.68. The predicted octanol–water partition coefficient (Wildman–Crippen LogP) is 4.61. The van der Waals surface area contributed by atoms with Crippen LogP contribution in [0.2, 0.25) is 0 Å². The van der Waals surface area contributed by atoms with Crippen molar-refractivity contribution in [3.63, 3.8) is 0 Å². The van der Waals surface area contributed by atoms with E-state index in [2.05, 4.69) is 9.88 Å². The zero-order valence-electron chi connectivity index (χ0n) is 13.3. The van der Waals surface area contributed by atoms with Gasteiger partial charge in [-0.15, -0.1) is 0 Å². The average molecular weight is 348 g/mol. The highest BCUT2D eigenvalue weighted by Gasteiger charge is 2.34. The van der Waals surface area contributed by atoms with Crippen LogP contribution in [0.1, 0.15) is 11.3 Å². The molecule has 0 fully saturated rings. The van der Waals surface area contributed by atoms with Gasteiger partial charge in [-0.3, -0.25) is 0 Å². The Kier molecular flexibility index (Phi) is 3.80.